The van der Waals surface area contributed by atoms with E-state index in [1.165, 1.54) is 12.8 Å². The van der Waals surface area contributed by atoms with Crippen LogP contribution in [0, 0.1) is 11.8 Å². The molecule has 6 nitrogen and oxygen atoms in total. The molecule has 0 radical (unpaired) electrons. The van der Waals surface area contributed by atoms with E-state index in [1.54, 1.807) is 23.9 Å². The zero-order valence-corrected chi connectivity index (χ0v) is 15.8. The number of amides is 1. The number of nitrogens with zero attached hydrogens (tertiary/aromatic N) is 4. The Morgan fingerprint density at radius 3 is 2.42 bits per heavy atom. The molecule has 3 heterocycles. The van der Waals surface area contributed by atoms with Crippen molar-refractivity contribution in [1.29, 1.82) is 0 Å². The SMILES string of the molecule is CC(=O)N1CCC(CN2CCC(Cn3cnc(C4CC4)cc3=O)CC2)C1. The minimum atomic E-state index is 0.111. The lowest BCUT2D eigenvalue weighted by Crippen LogP contribution is -2.39. The van der Waals surface area contributed by atoms with Gasteiger partial charge in [-0.05, 0) is 57.0 Å². The Morgan fingerprint density at radius 1 is 1.08 bits per heavy atom. The van der Waals surface area contributed by atoms with Gasteiger partial charge in [0.15, 0.2) is 0 Å². The third kappa shape index (κ3) is 4.17. The van der Waals surface area contributed by atoms with Gasteiger partial charge in [0, 0.05) is 45.1 Å². The molecule has 0 bridgehead atoms. The zero-order chi connectivity index (χ0) is 18.1. The fourth-order valence-corrected chi connectivity index (χ4v) is 4.44. The number of rotatable bonds is 5. The average molecular weight is 358 g/mol. The molecule has 0 aromatic carbocycles. The van der Waals surface area contributed by atoms with E-state index in [4.69, 9.17) is 0 Å². The van der Waals surface area contributed by atoms with Crippen LogP contribution in [0.2, 0.25) is 0 Å². The van der Waals surface area contributed by atoms with Gasteiger partial charge in [0.1, 0.15) is 0 Å². The fraction of sp³-hybridized carbons (Fsp3) is 0.750. The summed E-state index contributed by atoms with van der Waals surface area (Å²) in [5.74, 6) is 1.93. The monoisotopic (exact) mass is 358 g/mol. The Hall–Kier alpha value is -1.69. The first-order valence-electron chi connectivity index (χ1n) is 10.1. The van der Waals surface area contributed by atoms with Gasteiger partial charge >= 0.3 is 0 Å². The van der Waals surface area contributed by atoms with Crippen molar-refractivity contribution in [3.63, 3.8) is 0 Å². The normalized spacial score (nSPS) is 25.0. The van der Waals surface area contributed by atoms with E-state index in [1.807, 2.05) is 4.90 Å². The number of hydrogen-bond donors (Lipinski definition) is 0. The Morgan fingerprint density at radius 2 is 1.81 bits per heavy atom. The van der Waals surface area contributed by atoms with Crippen molar-refractivity contribution in [2.24, 2.45) is 11.8 Å². The smallest absolute Gasteiger partial charge is 0.253 e. The molecule has 3 fully saturated rings. The quantitative estimate of drug-likeness (QED) is 0.804. The van der Waals surface area contributed by atoms with Gasteiger partial charge in [-0.15, -0.1) is 0 Å². The Kier molecular flexibility index (Phi) is 5.11. The van der Waals surface area contributed by atoms with Crippen molar-refractivity contribution >= 4 is 5.91 Å². The first kappa shape index (κ1) is 17.7. The van der Waals surface area contributed by atoms with Crippen LogP contribution >= 0.6 is 0 Å². The highest BCUT2D eigenvalue weighted by molar-refractivity contribution is 5.73. The summed E-state index contributed by atoms with van der Waals surface area (Å²) in [5, 5.41) is 0. The van der Waals surface area contributed by atoms with Crippen LogP contribution in [0.5, 0.6) is 0 Å². The number of aromatic nitrogens is 2. The summed E-state index contributed by atoms with van der Waals surface area (Å²) in [6.45, 7) is 7.61. The summed E-state index contributed by atoms with van der Waals surface area (Å²) >= 11 is 0. The van der Waals surface area contributed by atoms with Crippen molar-refractivity contribution in [3.8, 4) is 0 Å². The molecule has 1 aromatic heterocycles. The van der Waals surface area contributed by atoms with Gasteiger partial charge in [0.05, 0.1) is 12.0 Å². The zero-order valence-electron chi connectivity index (χ0n) is 15.8. The molecule has 2 aliphatic heterocycles. The predicted octanol–water partition coefficient (Wildman–Crippen LogP) is 1.70. The molecule has 4 rings (SSSR count). The first-order valence-corrected chi connectivity index (χ1v) is 10.1. The van der Waals surface area contributed by atoms with Gasteiger partial charge in [-0.1, -0.05) is 0 Å². The molecular weight excluding hydrogens is 328 g/mol. The Labute approximate surface area is 155 Å². The molecular formula is C20H30N4O2. The van der Waals surface area contributed by atoms with Crippen molar-refractivity contribution in [3.05, 3.63) is 28.4 Å². The molecule has 1 saturated carbocycles. The average Bonchev–Trinajstić information content (AvgIpc) is 3.37. The number of carbonyl (C=O) groups is 1. The third-order valence-corrected chi connectivity index (χ3v) is 6.31. The van der Waals surface area contributed by atoms with Gasteiger partial charge < -0.3 is 9.80 Å². The van der Waals surface area contributed by atoms with Gasteiger partial charge in [0.2, 0.25) is 5.91 Å². The lowest BCUT2D eigenvalue weighted by Gasteiger charge is -2.33. The molecule has 1 aliphatic carbocycles. The summed E-state index contributed by atoms with van der Waals surface area (Å²) in [4.78, 5) is 32.8. The Balaban J connectivity index is 1.24. The van der Waals surface area contributed by atoms with E-state index in [-0.39, 0.29) is 11.5 Å². The summed E-state index contributed by atoms with van der Waals surface area (Å²) in [7, 11) is 0. The van der Waals surface area contributed by atoms with E-state index < -0.39 is 0 Å². The van der Waals surface area contributed by atoms with Crippen molar-refractivity contribution in [2.75, 3.05) is 32.7 Å². The molecule has 2 saturated heterocycles. The molecule has 142 valence electrons. The summed E-state index contributed by atoms with van der Waals surface area (Å²) in [6, 6.07) is 1.74. The topological polar surface area (TPSA) is 58.4 Å². The van der Waals surface area contributed by atoms with E-state index in [0.717, 1.165) is 64.2 Å². The van der Waals surface area contributed by atoms with E-state index >= 15 is 0 Å². The molecule has 1 unspecified atom stereocenters. The lowest BCUT2D eigenvalue weighted by molar-refractivity contribution is -0.127. The molecule has 3 aliphatic rings. The first-order chi connectivity index (χ1) is 12.6. The largest absolute Gasteiger partial charge is 0.343 e. The van der Waals surface area contributed by atoms with Crippen LogP contribution in [-0.4, -0.2) is 58.0 Å². The summed E-state index contributed by atoms with van der Waals surface area (Å²) in [6.07, 6.45) is 7.53. The van der Waals surface area contributed by atoms with Crippen molar-refractivity contribution in [1.82, 2.24) is 19.4 Å². The number of carbonyl (C=O) groups excluding carboxylic acids is 1. The van der Waals surface area contributed by atoms with Crippen LogP contribution in [0.4, 0.5) is 0 Å². The molecule has 1 amide bonds. The second-order valence-electron chi connectivity index (χ2n) is 8.44. The van der Waals surface area contributed by atoms with Crippen LogP contribution in [0.25, 0.3) is 0 Å². The van der Waals surface area contributed by atoms with Gasteiger partial charge in [-0.3, -0.25) is 14.2 Å². The second kappa shape index (κ2) is 7.51. The highest BCUT2D eigenvalue weighted by atomic mass is 16.2. The van der Waals surface area contributed by atoms with Gasteiger partial charge in [0.25, 0.3) is 5.56 Å². The van der Waals surface area contributed by atoms with Crippen LogP contribution in [0.15, 0.2) is 17.2 Å². The summed E-state index contributed by atoms with van der Waals surface area (Å²) < 4.78 is 1.80. The third-order valence-electron chi connectivity index (χ3n) is 6.31. The van der Waals surface area contributed by atoms with E-state index in [0.29, 0.717) is 17.8 Å². The molecule has 0 spiro atoms. The van der Waals surface area contributed by atoms with Crippen LogP contribution in [0.1, 0.15) is 50.6 Å². The number of piperidine rings is 1. The number of hydrogen-bond acceptors (Lipinski definition) is 4. The molecule has 1 atom stereocenters. The minimum Gasteiger partial charge on any atom is -0.343 e. The van der Waals surface area contributed by atoms with Crippen LogP contribution in [0.3, 0.4) is 0 Å². The molecule has 0 N–H and O–H groups in total. The van der Waals surface area contributed by atoms with Crippen molar-refractivity contribution in [2.45, 2.75) is 51.5 Å². The van der Waals surface area contributed by atoms with E-state index in [2.05, 4.69) is 9.88 Å². The lowest BCUT2D eigenvalue weighted by atomic mass is 9.95. The minimum absolute atomic E-state index is 0.111. The maximum Gasteiger partial charge on any atom is 0.253 e. The van der Waals surface area contributed by atoms with E-state index in [9.17, 15) is 9.59 Å². The highest BCUT2D eigenvalue weighted by Crippen LogP contribution is 2.38. The Bertz CT molecular complexity index is 704. The fourth-order valence-electron chi connectivity index (χ4n) is 4.44. The summed E-state index contributed by atoms with van der Waals surface area (Å²) in [5.41, 5.74) is 1.09. The second-order valence-corrected chi connectivity index (χ2v) is 8.44. The highest BCUT2D eigenvalue weighted by Gasteiger charge is 2.28. The predicted molar refractivity (Wildman–Crippen MR) is 100.0 cm³/mol. The van der Waals surface area contributed by atoms with Crippen molar-refractivity contribution < 1.29 is 4.79 Å². The van der Waals surface area contributed by atoms with Crippen LogP contribution in [-0.2, 0) is 11.3 Å². The number of likely N-dealkylation sites (tertiary alicyclic amines) is 2. The maximum atomic E-state index is 12.3. The standard InChI is InChI=1S/C20H30N4O2/c1-15(25)23-9-6-17(13-23)11-22-7-4-16(5-8-22)12-24-14-21-19(10-20(24)26)18-2-3-18/h10,14,16-18H,2-9,11-13H2,1H3. The maximum absolute atomic E-state index is 12.3. The molecule has 6 heteroatoms. The van der Waals surface area contributed by atoms with Gasteiger partial charge in [-0.2, -0.15) is 0 Å². The molecule has 26 heavy (non-hydrogen) atoms. The van der Waals surface area contributed by atoms with Gasteiger partial charge in [-0.25, -0.2) is 4.98 Å². The molecule has 1 aromatic rings. The van der Waals surface area contributed by atoms with Crippen LogP contribution < -0.4 is 5.56 Å².